The lowest BCUT2D eigenvalue weighted by atomic mass is 10.4. The first-order valence-electron chi connectivity index (χ1n) is 3.32. The van der Waals surface area contributed by atoms with Gasteiger partial charge in [0.2, 0.25) is 0 Å². The summed E-state index contributed by atoms with van der Waals surface area (Å²) >= 11 is 0.890. The Kier molecular flexibility index (Phi) is 22.1. The van der Waals surface area contributed by atoms with Crippen LogP contribution in [0.3, 0.4) is 0 Å². The number of unbranched alkanes of at least 4 members (excludes halogenated alkanes) is 1. The van der Waals surface area contributed by atoms with E-state index in [1.54, 1.807) is 0 Å². The van der Waals surface area contributed by atoms with E-state index in [4.69, 9.17) is 0 Å². The van der Waals surface area contributed by atoms with Crippen LogP contribution in [-0.4, -0.2) is 23.2 Å². The molecule has 0 aromatic carbocycles. The van der Waals surface area contributed by atoms with E-state index >= 15 is 0 Å². The van der Waals surface area contributed by atoms with Gasteiger partial charge < -0.3 is 3.79 Å². The first-order chi connectivity index (χ1) is 3.83. The summed E-state index contributed by atoms with van der Waals surface area (Å²) in [5.41, 5.74) is 0. The van der Waals surface area contributed by atoms with Crippen molar-refractivity contribution in [1.82, 2.24) is 0 Å². The average Bonchev–Trinajstić information content (AvgIpc) is 1.88. The molecule has 50 valence electrons. The van der Waals surface area contributed by atoms with Crippen molar-refractivity contribution >= 4 is 16.6 Å². The molecule has 0 atom stereocenters. The van der Waals surface area contributed by atoms with Gasteiger partial charge in [-0.3, -0.25) is 0 Å². The Morgan fingerprint density at radius 3 is 1.38 bits per heavy atom. The Bertz CT molecular complexity index is 16.5. The molecule has 2 heteroatoms. The predicted octanol–water partition coefficient (Wildman–Crippen LogP) is 1.38. The molecule has 0 saturated heterocycles. The van der Waals surface area contributed by atoms with Gasteiger partial charge in [-0.05, 0) is 6.92 Å². The van der Waals surface area contributed by atoms with Crippen molar-refractivity contribution in [3.63, 3.8) is 0 Å². The summed E-state index contributed by atoms with van der Waals surface area (Å²) in [6.45, 7) is 7.24. The van der Waals surface area contributed by atoms with Gasteiger partial charge in [0, 0.05) is 6.61 Å². The van der Waals surface area contributed by atoms with Crippen LogP contribution in [0.1, 0.15) is 33.6 Å². The maximum Gasteiger partial charge on any atom is 0.410 e. The molecule has 0 radical (unpaired) electrons. The molecule has 0 rings (SSSR count). The molecule has 0 bridgehead atoms. The van der Waals surface area contributed by atoms with E-state index in [-0.39, 0.29) is 0 Å². The molecule has 0 aliphatic carbocycles. The molecule has 0 unspecified atom stereocenters. The summed E-state index contributed by atoms with van der Waals surface area (Å²) in [5.74, 6) is 0. The van der Waals surface area contributed by atoms with E-state index in [2.05, 4.69) is 17.6 Å². The highest BCUT2D eigenvalue weighted by atomic mass is 27.1. The molecule has 0 saturated carbocycles. The van der Waals surface area contributed by atoms with E-state index in [9.17, 15) is 0 Å². The maximum absolute atomic E-state index is 4.68. The third-order valence-electron chi connectivity index (χ3n) is 0.789. The van der Waals surface area contributed by atoms with Crippen LogP contribution in [0.4, 0.5) is 0 Å². The van der Waals surface area contributed by atoms with Crippen molar-refractivity contribution in [2.24, 2.45) is 0 Å². The molecule has 0 N–H and O–H groups in total. The van der Waals surface area contributed by atoms with Crippen LogP contribution in [0.25, 0.3) is 0 Å². The molecule has 1 nitrogen and oxygen atoms in total. The highest BCUT2D eigenvalue weighted by molar-refractivity contribution is 5.97. The molecule has 0 aromatic rings. The van der Waals surface area contributed by atoms with E-state index in [0.29, 0.717) is 0 Å². The highest BCUT2D eigenvalue weighted by Gasteiger charge is 1.56. The van der Waals surface area contributed by atoms with E-state index < -0.39 is 0 Å². The van der Waals surface area contributed by atoms with Gasteiger partial charge in [-0.1, -0.05) is 26.7 Å². The quantitative estimate of drug-likeness (QED) is 0.516. The first-order valence-corrected chi connectivity index (χ1v) is 4.13. The Hall–Kier alpha value is 0.492. The normalized spacial score (nSPS) is 7.38. The van der Waals surface area contributed by atoms with Gasteiger partial charge >= 0.3 is 16.6 Å². The molecule has 0 aliphatic heterocycles. The van der Waals surface area contributed by atoms with E-state index in [0.717, 1.165) is 23.2 Å². The number of hydrogen-bond donors (Lipinski definition) is 0. The fourth-order valence-electron chi connectivity index (χ4n) is 0. The van der Waals surface area contributed by atoms with Crippen molar-refractivity contribution in [3.8, 4) is 0 Å². The zero-order valence-electron chi connectivity index (χ0n) is 6.53. The van der Waals surface area contributed by atoms with Crippen molar-refractivity contribution < 1.29 is 3.79 Å². The highest BCUT2D eigenvalue weighted by Crippen LogP contribution is 1.76. The minimum absolute atomic E-state index is 0.881. The van der Waals surface area contributed by atoms with Crippen LogP contribution >= 0.6 is 0 Å². The first kappa shape index (κ1) is 11.3. The fraction of sp³-hybridized carbons (Fsp3) is 1.00. The lowest BCUT2D eigenvalue weighted by molar-refractivity contribution is 0.375. The Labute approximate surface area is 61.2 Å². The van der Waals surface area contributed by atoms with E-state index in [1.165, 1.54) is 12.8 Å². The minimum atomic E-state index is 0.881. The Morgan fingerprint density at radius 1 is 1.12 bits per heavy atom. The van der Waals surface area contributed by atoms with Gasteiger partial charge in [0.25, 0.3) is 0 Å². The third-order valence-corrected chi connectivity index (χ3v) is 1.37. The Morgan fingerprint density at radius 2 is 1.38 bits per heavy atom. The Balaban J connectivity index is 0. The average molecular weight is 132 g/mol. The molecule has 0 amide bonds. The molecule has 8 heavy (non-hydrogen) atoms. The fourth-order valence-corrected chi connectivity index (χ4v) is 0. The van der Waals surface area contributed by atoms with Gasteiger partial charge in [0.05, 0.1) is 0 Å². The van der Waals surface area contributed by atoms with Crippen LogP contribution in [0.2, 0.25) is 0 Å². The summed E-state index contributed by atoms with van der Waals surface area (Å²) < 4.78 is 4.68. The van der Waals surface area contributed by atoms with Crippen LogP contribution < -0.4 is 0 Å². The number of rotatable bonds is 2. The van der Waals surface area contributed by atoms with Gasteiger partial charge in [0.15, 0.2) is 0 Å². The van der Waals surface area contributed by atoms with Gasteiger partial charge in [-0.2, -0.15) is 0 Å². The minimum Gasteiger partial charge on any atom is -0.506 e. The smallest absolute Gasteiger partial charge is 0.410 e. The maximum atomic E-state index is 4.68. The summed E-state index contributed by atoms with van der Waals surface area (Å²) in [4.78, 5) is 0. The van der Waals surface area contributed by atoms with Crippen molar-refractivity contribution in [3.05, 3.63) is 0 Å². The second-order valence-electron chi connectivity index (χ2n) is 1.58. The van der Waals surface area contributed by atoms with Crippen molar-refractivity contribution in [2.75, 3.05) is 6.61 Å². The number of hydrogen-bond acceptors (Lipinski definition) is 1. The molecule has 0 aliphatic rings. The van der Waals surface area contributed by atoms with Crippen molar-refractivity contribution in [1.29, 1.82) is 0 Å². The predicted molar refractivity (Wildman–Crippen MR) is 40.8 cm³/mol. The molecule has 0 fully saturated rings. The second-order valence-corrected chi connectivity index (χ2v) is 2.15. The van der Waals surface area contributed by atoms with Crippen LogP contribution in [-0.2, 0) is 3.79 Å². The molecule has 0 spiro atoms. The largest absolute Gasteiger partial charge is 0.506 e. The SMILES string of the molecule is CCCC.CC[O][AlH2]. The second kappa shape index (κ2) is 15.6. The zero-order chi connectivity index (χ0) is 6.83. The summed E-state index contributed by atoms with van der Waals surface area (Å²) in [5, 5.41) is 0. The monoisotopic (exact) mass is 132 g/mol. The van der Waals surface area contributed by atoms with Crippen molar-refractivity contribution in [2.45, 2.75) is 33.6 Å². The molecular weight excluding hydrogens is 115 g/mol. The lowest BCUT2D eigenvalue weighted by Gasteiger charge is -1.78. The van der Waals surface area contributed by atoms with E-state index in [1.807, 2.05) is 6.92 Å². The standard InChI is InChI=1S/C4H10.C2H5O.Al.2H/c1-3-4-2;1-2-3;;;/h3-4H2,1-2H3;2H2,1H3;;;/q;-1;+1;;. The zero-order valence-corrected chi connectivity index (χ0v) is 8.53. The van der Waals surface area contributed by atoms with Crippen LogP contribution in [0.5, 0.6) is 0 Å². The molecule has 0 aromatic heterocycles. The van der Waals surface area contributed by atoms with Crippen LogP contribution in [0.15, 0.2) is 0 Å². The topological polar surface area (TPSA) is 9.23 Å². The lowest BCUT2D eigenvalue weighted by Crippen LogP contribution is -1.76. The summed E-state index contributed by atoms with van der Waals surface area (Å²) in [6, 6.07) is 0. The molecule has 0 heterocycles. The summed E-state index contributed by atoms with van der Waals surface area (Å²) in [7, 11) is 0. The summed E-state index contributed by atoms with van der Waals surface area (Å²) in [6.07, 6.45) is 2.64. The van der Waals surface area contributed by atoms with Gasteiger partial charge in [-0.15, -0.1) is 0 Å². The van der Waals surface area contributed by atoms with Gasteiger partial charge in [0.1, 0.15) is 0 Å². The molecular formula is C6H17AlO. The van der Waals surface area contributed by atoms with Crippen LogP contribution in [0, 0.1) is 0 Å². The van der Waals surface area contributed by atoms with Gasteiger partial charge in [-0.25, -0.2) is 0 Å². The third kappa shape index (κ3) is 31.5.